The van der Waals surface area contributed by atoms with Gasteiger partial charge in [0, 0.05) is 9.99 Å². The lowest BCUT2D eigenvalue weighted by Gasteiger charge is -2.15. The minimum atomic E-state index is -0.221. The molecule has 0 N–H and O–H groups in total. The lowest BCUT2D eigenvalue weighted by atomic mass is 10.0. The summed E-state index contributed by atoms with van der Waals surface area (Å²) in [5, 5.41) is 0. The maximum Gasteiger partial charge on any atom is 0.161 e. The van der Waals surface area contributed by atoms with Crippen LogP contribution in [0, 0.1) is 9.39 Å². The van der Waals surface area contributed by atoms with Crippen molar-refractivity contribution >= 4 is 38.5 Å². The molecule has 5 heteroatoms. The van der Waals surface area contributed by atoms with Crippen LogP contribution in [0.15, 0.2) is 36.4 Å². The third-order valence-electron chi connectivity index (χ3n) is 3.30. The number of benzene rings is 2. The highest BCUT2D eigenvalue weighted by Gasteiger charge is 2.17. The van der Waals surface area contributed by atoms with E-state index in [9.17, 15) is 4.39 Å². The van der Waals surface area contributed by atoms with Crippen molar-refractivity contribution in [2.24, 2.45) is 0 Å². The fourth-order valence-corrected chi connectivity index (χ4v) is 4.12. The average molecular weight is 463 g/mol. The Morgan fingerprint density at radius 3 is 2.57 bits per heavy atom. The van der Waals surface area contributed by atoms with Gasteiger partial charge in [-0.3, -0.25) is 0 Å². The molecule has 2 aromatic carbocycles. The Labute approximate surface area is 144 Å². The highest BCUT2D eigenvalue weighted by Crippen LogP contribution is 2.38. The summed E-state index contributed by atoms with van der Waals surface area (Å²) in [5.74, 6) is 1.33. The molecule has 1 aliphatic heterocycles. The largest absolute Gasteiger partial charge is 0.490 e. The van der Waals surface area contributed by atoms with Crippen molar-refractivity contribution in [1.82, 2.24) is 0 Å². The van der Waals surface area contributed by atoms with Crippen LogP contribution in [0.1, 0.15) is 22.4 Å². The van der Waals surface area contributed by atoms with E-state index in [-0.39, 0.29) is 10.6 Å². The molecule has 2 nitrogen and oxygen atoms in total. The number of rotatable bonds is 2. The average Bonchev–Trinajstić information content (AvgIpc) is 2.71. The van der Waals surface area contributed by atoms with Gasteiger partial charge in [0.25, 0.3) is 0 Å². The van der Waals surface area contributed by atoms with Gasteiger partial charge in [-0.1, -0.05) is 28.1 Å². The second kappa shape index (κ2) is 6.52. The summed E-state index contributed by atoms with van der Waals surface area (Å²) in [6.07, 6.45) is 0.887. The Kier molecular flexibility index (Phi) is 4.69. The third kappa shape index (κ3) is 3.34. The number of hydrogen-bond donors (Lipinski definition) is 0. The summed E-state index contributed by atoms with van der Waals surface area (Å²) >= 11 is 5.84. The Hall–Kier alpha value is -0.820. The molecule has 0 fully saturated rings. The van der Waals surface area contributed by atoms with E-state index in [1.165, 1.54) is 12.1 Å². The van der Waals surface area contributed by atoms with Crippen molar-refractivity contribution in [3.05, 3.63) is 56.9 Å². The van der Waals surface area contributed by atoms with Gasteiger partial charge < -0.3 is 9.47 Å². The van der Waals surface area contributed by atoms with Crippen LogP contribution in [0.4, 0.5) is 4.39 Å². The van der Waals surface area contributed by atoms with Crippen LogP contribution >= 0.6 is 38.5 Å². The van der Waals surface area contributed by atoms with Gasteiger partial charge in [-0.2, -0.15) is 0 Å². The first-order chi connectivity index (χ1) is 10.1. The third-order valence-corrected chi connectivity index (χ3v) is 5.26. The van der Waals surface area contributed by atoms with E-state index in [4.69, 9.17) is 9.47 Å². The number of hydrogen-bond acceptors (Lipinski definition) is 2. The Balaban J connectivity index is 1.94. The lowest BCUT2D eigenvalue weighted by molar-refractivity contribution is 0.297. The van der Waals surface area contributed by atoms with Gasteiger partial charge >= 0.3 is 0 Å². The van der Waals surface area contributed by atoms with E-state index in [0.29, 0.717) is 13.2 Å². The van der Waals surface area contributed by atoms with Crippen LogP contribution < -0.4 is 9.47 Å². The van der Waals surface area contributed by atoms with E-state index in [0.717, 1.165) is 32.6 Å². The van der Waals surface area contributed by atoms with Crippen LogP contribution in [-0.4, -0.2) is 13.2 Å². The second-order valence-corrected chi connectivity index (χ2v) is 6.86. The zero-order valence-electron chi connectivity index (χ0n) is 11.1. The van der Waals surface area contributed by atoms with Crippen LogP contribution in [0.25, 0.3) is 0 Å². The first-order valence-corrected chi connectivity index (χ1v) is 8.63. The maximum atomic E-state index is 13.2. The van der Waals surface area contributed by atoms with Gasteiger partial charge in [0.2, 0.25) is 0 Å². The van der Waals surface area contributed by atoms with Crippen LogP contribution in [0.3, 0.4) is 0 Å². The monoisotopic (exact) mass is 462 g/mol. The highest BCUT2D eigenvalue weighted by atomic mass is 127. The van der Waals surface area contributed by atoms with Gasteiger partial charge in [-0.25, -0.2) is 4.39 Å². The van der Waals surface area contributed by atoms with Crippen molar-refractivity contribution in [3.8, 4) is 11.5 Å². The molecule has 0 spiro atoms. The number of ether oxygens (including phenoxy) is 2. The fourth-order valence-electron chi connectivity index (χ4n) is 2.22. The SMILES string of the molecule is Fc1ccc(C(Br)c2ccc3c(c2)OCCCO3)c(I)c1. The Morgan fingerprint density at radius 1 is 1.05 bits per heavy atom. The molecule has 3 rings (SSSR count). The van der Waals surface area contributed by atoms with Crippen molar-refractivity contribution in [2.75, 3.05) is 13.2 Å². The molecule has 0 saturated heterocycles. The van der Waals surface area contributed by atoms with E-state index in [1.54, 1.807) is 6.07 Å². The van der Waals surface area contributed by atoms with Crippen LogP contribution in [0.2, 0.25) is 0 Å². The van der Waals surface area contributed by atoms with Crippen molar-refractivity contribution in [3.63, 3.8) is 0 Å². The van der Waals surface area contributed by atoms with Crippen molar-refractivity contribution in [1.29, 1.82) is 0 Å². The molecule has 0 radical (unpaired) electrons. The van der Waals surface area contributed by atoms with E-state index in [2.05, 4.69) is 38.5 Å². The summed E-state index contributed by atoms with van der Waals surface area (Å²) in [6.45, 7) is 1.34. The highest BCUT2D eigenvalue weighted by molar-refractivity contribution is 14.1. The Bertz CT molecular complexity index is 663. The fraction of sp³-hybridized carbons (Fsp3) is 0.250. The molecule has 0 saturated carbocycles. The van der Waals surface area contributed by atoms with Gasteiger partial charge in [-0.15, -0.1) is 0 Å². The molecule has 0 aromatic heterocycles. The summed E-state index contributed by atoms with van der Waals surface area (Å²) in [7, 11) is 0. The number of halogens is 3. The van der Waals surface area contributed by atoms with Crippen molar-refractivity contribution in [2.45, 2.75) is 11.2 Å². The first kappa shape index (κ1) is 15.1. The smallest absolute Gasteiger partial charge is 0.161 e. The molecular formula is C16H13BrFIO2. The summed E-state index contributed by atoms with van der Waals surface area (Å²) < 4.78 is 25.5. The van der Waals surface area contributed by atoms with Gasteiger partial charge in [0.15, 0.2) is 11.5 Å². The van der Waals surface area contributed by atoms with Crippen molar-refractivity contribution < 1.29 is 13.9 Å². The molecule has 0 amide bonds. The predicted octanol–water partition coefficient (Wildman–Crippen LogP) is 5.08. The van der Waals surface area contributed by atoms with Gasteiger partial charge in [-0.05, 0) is 58.0 Å². The minimum Gasteiger partial charge on any atom is -0.490 e. The molecule has 21 heavy (non-hydrogen) atoms. The van der Waals surface area contributed by atoms with E-state index >= 15 is 0 Å². The van der Waals surface area contributed by atoms with Gasteiger partial charge in [0.05, 0.1) is 18.0 Å². The predicted molar refractivity (Wildman–Crippen MR) is 91.9 cm³/mol. The standard InChI is InChI=1S/C16H13BrFIO2/c17-16(12-4-3-11(18)9-13(12)19)10-2-5-14-15(8-10)21-7-1-6-20-14/h2-5,8-9,16H,1,6-7H2. The first-order valence-electron chi connectivity index (χ1n) is 6.64. The van der Waals surface area contributed by atoms with E-state index in [1.807, 2.05) is 18.2 Å². The summed E-state index contributed by atoms with van der Waals surface area (Å²) in [5.41, 5.74) is 2.09. The molecule has 1 atom stereocenters. The molecule has 0 bridgehead atoms. The quantitative estimate of drug-likeness (QED) is 0.458. The van der Waals surface area contributed by atoms with E-state index < -0.39 is 0 Å². The normalized spacial score (nSPS) is 15.4. The lowest BCUT2D eigenvalue weighted by Crippen LogP contribution is -1.99. The topological polar surface area (TPSA) is 18.5 Å². The second-order valence-electron chi connectivity index (χ2n) is 4.79. The minimum absolute atomic E-state index is 0.0119. The zero-order chi connectivity index (χ0) is 14.8. The Morgan fingerprint density at radius 2 is 1.81 bits per heavy atom. The molecule has 2 aromatic rings. The van der Waals surface area contributed by atoms with Crippen LogP contribution in [0.5, 0.6) is 11.5 Å². The molecule has 1 aliphatic rings. The number of alkyl halides is 1. The zero-order valence-corrected chi connectivity index (χ0v) is 14.9. The van der Waals surface area contributed by atoms with Crippen LogP contribution in [-0.2, 0) is 0 Å². The molecular weight excluding hydrogens is 450 g/mol. The summed E-state index contributed by atoms with van der Waals surface area (Å²) in [4.78, 5) is -0.0119. The summed E-state index contributed by atoms with van der Waals surface area (Å²) in [6, 6.07) is 10.7. The molecule has 1 heterocycles. The number of fused-ring (bicyclic) bond motifs is 1. The molecule has 110 valence electrons. The van der Waals surface area contributed by atoms with Gasteiger partial charge in [0.1, 0.15) is 5.82 Å². The maximum absolute atomic E-state index is 13.2. The molecule has 0 aliphatic carbocycles. The molecule has 1 unspecified atom stereocenters.